The third-order valence-electron chi connectivity index (χ3n) is 3.21. The average Bonchev–Trinajstić information content (AvgIpc) is 2.89. The number of nitriles is 1. The number of ketones is 1. The lowest BCUT2D eigenvalue weighted by molar-refractivity contribution is -0.149. The van der Waals surface area contributed by atoms with Gasteiger partial charge in [0.05, 0.1) is 17.4 Å². The number of carbonyl (C=O) groups is 2. The van der Waals surface area contributed by atoms with E-state index in [-0.39, 0.29) is 24.1 Å². The van der Waals surface area contributed by atoms with Crippen molar-refractivity contribution < 1.29 is 14.3 Å². The number of rotatable bonds is 6. The predicted octanol–water partition coefficient (Wildman–Crippen LogP) is 2.44. The first-order valence-corrected chi connectivity index (χ1v) is 8.25. The fraction of sp³-hybridized carbons (Fsp3) is 0.500. The molecule has 1 aromatic heterocycles. The van der Waals surface area contributed by atoms with Gasteiger partial charge in [0.1, 0.15) is 17.5 Å². The number of thioether (sulfide) groups is 1. The molecule has 0 aromatic carbocycles. The van der Waals surface area contributed by atoms with Gasteiger partial charge in [0.2, 0.25) is 0 Å². The number of Topliss-reactive ketones (excluding diaryl/α,β-unsaturated/α-hetero) is 1. The zero-order valence-corrected chi connectivity index (χ0v) is 13.5. The van der Waals surface area contributed by atoms with Gasteiger partial charge in [-0.25, -0.2) is 4.98 Å². The van der Waals surface area contributed by atoms with Crippen LogP contribution in [-0.2, 0) is 27.2 Å². The molecule has 22 heavy (non-hydrogen) atoms. The van der Waals surface area contributed by atoms with Crippen LogP contribution in [-0.4, -0.2) is 28.6 Å². The third kappa shape index (κ3) is 4.31. The van der Waals surface area contributed by atoms with Gasteiger partial charge in [0.25, 0.3) is 0 Å². The Hall–Kier alpha value is -1.87. The third-order valence-corrected chi connectivity index (χ3v) is 4.27. The van der Waals surface area contributed by atoms with Crippen LogP contribution in [0.4, 0.5) is 0 Å². The smallest absolute Gasteiger partial charge is 0.313 e. The van der Waals surface area contributed by atoms with Crippen LogP contribution in [0.15, 0.2) is 11.1 Å². The summed E-state index contributed by atoms with van der Waals surface area (Å²) in [5, 5.41) is 9.77. The lowest BCUT2D eigenvalue weighted by atomic mass is 10.2. The molecule has 0 saturated carbocycles. The average molecular weight is 318 g/mol. The highest BCUT2D eigenvalue weighted by Crippen LogP contribution is 2.27. The highest BCUT2D eigenvalue weighted by Gasteiger charge is 2.18. The summed E-state index contributed by atoms with van der Waals surface area (Å²) >= 11 is 1.22. The Morgan fingerprint density at radius 1 is 1.45 bits per heavy atom. The highest BCUT2D eigenvalue weighted by atomic mass is 32.2. The van der Waals surface area contributed by atoms with E-state index >= 15 is 0 Å². The molecule has 1 aliphatic rings. The second-order valence-electron chi connectivity index (χ2n) is 5.45. The van der Waals surface area contributed by atoms with Crippen molar-refractivity contribution in [2.24, 2.45) is 0 Å². The van der Waals surface area contributed by atoms with Crippen molar-refractivity contribution >= 4 is 23.5 Å². The molecule has 0 unspecified atom stereocenters. The SMILES string of the molecule is CC(C)OC(=O)CC(=O)CSc1nc2c(cc1C#N)CCC2. The van der Waals surface area contributed by atoms with Crippen molar-refractivity contribution in [3.05, 3.63) is 22.9 Å². The quantitative estimate of drug-likeness (QED) is 0.455. The Morgan fingerprint density at radius 3 is 2.91 bits per heavy atom. The molecule has 0 amide bonds. The number of ether oxygens (including phenoxy) is 1. The van der Waals surface area contributed by atoms with E-state index in [1.165, 1.54) is 11.8 Å². The van der Waals surface area contributed by atoms with Gasteiger partial charge in [-0.2, -0.15) is 5.26 Å². The second-order valence-corrected chi connectivity index (χ2v) is 6.42. The van der Waals surface area contributed by atoms with E-state index < -0.39 is 5.97 Å². The van der Waals surface area contributed by atoms with Crippen molar-refractivity contribution in [2.45, 2.75) is 50.7 Å². The van der Waals surface area contributed by atoms with E-state index in [0.29, 0.717) is 10.6 Å². The number of hydrogen-bond donors (Lipinski definition) is 0. The van der Waals surface area contributed by atoms with Gasteiger partial charge < -0.3 is 4.74 Å². The lowest BCUT2D eigenvalue weighted by Gasteiger charge is -2.08. The van der Waals surface area contributed by atoms with Gasteiger partial charge in [-0.05, 0) is 44.7 Å². The Labute approximate surface area is 134 Å². The summed E-state index contributed by atoms with van der Waals surface area (Å²) in [6, 6.07) is 4.00. The maximum Gasteiger partial charge on any atom is 0.313 e. The summed E-state index contributed by atoms with van der Waals surface area (Å²) < 4.78 is 4.94. The number of fused-ring (bicyclic) bond motifs is 1. The predicted molar refractivity (Wildman–Crippen MR) is 82.6 cm³/mol. The number of aryl methyl sites for hydroxylation is 2. The number of pyridine rings is 1. The molecule has 6 heteroatoms. The van der Waals surface area contributed by atoms with Crippen LogP contribution in [0.25, 0.3) is 0 Å². The van der Waals surface area contributed by atoms with E-state index in [2.05, 4.69) is 11.1 Å². The van der Waals surface area contributed by atoms with E-state index in [0.717, 1.165) is 30.5 Å². The summed E-state index contributed by atoms with van der Waals surface area (Å²) in [6.45, 7) is 3.48. The number of aromatic nitrogens is 1. The van der Waals surface area contributed by atoms with Gasteiger partial charge in [0, 0.05) is 5.69 Å². The first-order chi connectivity index (χ1) is 10.5. The van der Waals surface area contributed by atoms with Crippen molar-refractivity contribution in [1.29, 1.82) is 5.26 Å². The van der Waals surface area contributed by atoms with Crippen LogP contribution < -0.4 is 0 Å². The Bertz CT molecular complexity index is 635. The van der Waals surface area contributed by atoms with Crippen molar-refractivity contribution in [2.75, 3.05) is 5.75 Å². The molecule has 0 N–H and O–H groups in total. The highest BCUT2D eigenvalue weighted by molar-refractivity contribution is 8.00. The van der Waals surface area contributed by atoms with E-state index in [4.69, 9.17) is 4.74 Å². The monoisotopic (exact) mass is 318 g/mol. The summed E-state index contributed by atoms with van der Waals surface area (Å²) in [5.74, 6) is -0.613. The Morgan fingerprint density at radius 2 is 2.23 bits per heavy atom. The first-order valence-electron chi connectivity index (χ1n) is 7.26. The lowest BCUT2D eigenvalue weighted by Crippen LogP contribution is -2.16. The zero-order valence-electron chi connectivity index (χ0n) is 12.7. The summed E-state index contributed by atoms with van der Waals surface area (Å²) in [6.07, 6.45) is 2.47. The molecule has 5 nitrogen and oxygen atoms in total. The van der Waals surface area contributed by atoms with Crippen molar-refractivity contribution in [1.82, 2.24) is 4.98 Å². The largest absolute Gasteiger partial charge is 0.463 e. The summed E-state index contributed by atoms with van der Waals surface area (Å²) in [4.78, 5) is 27.7. The fourth-order valence-electron chi connectivity index (χ4n) is 2.31. The van der Waals surface area contributed by atoms with Gasteiger partial charge in [-0.3, -0.25) is 9.59 Å². The van der Waals surface area contributed by atoms with Crippen LogP contribution in [0, 0.1) is 11.3 Å². The molecule has 2 rings (SSSR count). The number of nitrogens with zero attached hydrogens (tertiary/aromatic N) is 2. The van der Waals surface area contributed by atoms with Gasteiger partial charge in [-0.15, -0.1) is 0 Å². The van der Waals surface area contributed by atoms with E-state index in [9.17, 15) is 14.9 Å². The van der Waals surface area contributed by atoms with Crippen LogP contribution in [0.1, 0.15) is 43.5 Å². The molecule has 1 heterocycles. The number of carbonyl (C=O) groups excluding carboxylic acids is 2. The van der Waals surface area contributed by atoms with Crippen molar-refractivity contribution in [3.63, 3.8) is 0 Å². The molecule has 1 aliphatic carbocycles. The normalized spacial score (nSPS) is 12.8. The molecule has 0 spiro atoms. The molecule has 1 aromatic rings. The number of hydrogen-bond acceptors (Lipinski definition) is 6. The van der Waals surface area contributed by atoms with Crippen molar-refractivity contribution in [3.8, 4) is 6.07 Å². The molecule has 0 fully saturated rings. The molecule has 0 radical (unpaired) electrons. The zero-order chi connectivity index (χ0) is 16.1. The van der Waals surface area contributed by atoms with Crippen LogP contribution in [0.3, 0.4) is 0 Å². The molecular formula is C16H18N2O3S. The maximum absolute atomic E-state index is 11.8. The first kappa shape index (κ1) is 16.5. The van der Waals surface area contributed by atoms with Crippen LogP contribution in [0.2, 0.25) is 0 Å². The van der Waals surface area contributed by atoms with E-state index in [1.54, 1.807) is 13.8 Å². The van der Waals surface area contributed by atoms with Gasteiger partial charge >= 0.3 is 5.97 Å². The summed E-state index contributed by atoms with van der Waals surface area (Å²) in [7, 11) is 0. The Balaban J connectivity index is 1.96. The fourth-order valence-corrected chi connectivity index (χ4v) is 3.14. The molecule has 0 aliphatic heterocycles. The number of esters is 1. The molecule has 0 atom stereocenters. The maximum atomic E-state index is 11.8. The van der Waals surface area contributed by atoms with Gasteiger partial charge in [0.15, 0.2) is 5.78 Å². The van der Waals surface area contributed by atoms with Crippen LogP contribution in [0.5, 0.6) is 0 Å². The molecule has 116 valence electrons. The molecular weight excluding hydrogens is 300 g/mol. The molecule has 0 saturated heterocycles. The van der Waals surface area contributed by atoms with Crippen LogP contribution >= 0.6 is 11.8 Å². The Kier molecular flexibility index (Phi) is 5.56. The summed E-state index contributed by atoms with van der Waals surface area (Å²) in [5.41, 5.74) is 2.66. The minimum Gasteiger partial charge on any atom is -0.463 e. The van der Waals surface area contributed by atoms with E-state index in [1.807, 2.05) is 6.07 Å². The standard InChI is InChI=1S/C16H18N2O3S/c1-10(2)21-15(20)7-13(19)9-22-16-12(8-17)6-11-4-3-5-14(11)18-16/h6,10H,3-5,7,9H2,1-2H3. The topological polar surface area (TPSA) is 80.1 Å². The molecule has 0 bridgehead atoms. The minimum absolute atomic E-state index is 0.119. The minimum atomic E-state index is -0.511. The second kappa shape index (κ2) is 7.41. The van der Waals surface area contributed by atoms with Gasteiger partial charge in [-0.1, -0.05) is 11.8 Å².